The van der Waals surface area contributed by atoms with Crippen LogP contribution in [-0.4, -0.2) is 30.3 Å². The van der Waals surface area contributed by atoms with Gasteiger partial charge >= 0.3 is 0 Å². The van der Waals surface area contributed by atoms with Crippen molar-refractivity contribution in [2.45, 2.75) is 39.5 Å². The molecule has 0 aromatic carbocycles. The van der Waals surface area contributed by atoms with Gasteiger partial charge in [0.15, 0.2) is 0 Å². The number of hydrogen-bond acceptors (Lipinski definition) is 4. The fourth-order valence-corrected chi connectivity index (χ4v) is 2.45. The standard InChI is InChI=1S/C13H21N3O/c1-9-4-5-15-13(12(9)6-14)16-7-10(2)17-11(3)8-16/h4-5,10-11H,6-8,14H2,1-3H3/t10-,11+. The van der Waals surface area contributed by atoms with Crippen LogP contribution in [-0.2, 0) is 11.3 Å². The zero-order chi connectivity index (χ0) is 12.4. The van der Waals surface area contributed by atoms with E-state index in [2.05, 4.69) is 30.7 Å². The van der Waals surface area contributed by atoms with Gasteiger partial charge in [-0.15, -0.1) is 0 Å². The number of ether oxygens (including phenoxy) is 1. The van der Waals surface area contributed by atoms with Gasteiger partial charge in [-0.25, -0.2) is 4.98 Å². The van der Waals surface area contributed by atoms with Crippen LogP contribution in [0.5, 0.6) is 0 Å². The Morgan fingerprint density at radius 2 is 2.06 bits per heavy atom. The molecule has 0 spiro atoms. The molecule has 0 amide bonds. The predicted molar refractivity (Wildman–Crippen MR) is 69.1 cm³/mol. The molecule has 0 bridgehead atoms. The Kier molecular flexibility index (Phi) is 3.64. The van der Waals surface area contributed by atoms with Gasteiger partial charge in [-0.05, 0) is 32.4 Å². The molecule has 0 saturated carbocycles. The van der Waals surface area contributed by atoms with Gasteiger partial charge in [0.2, 0.25) is 0 Å². The first kappa shape index (κ1) is 12.3. The minimum absolute atomic E-state index is 0.242. The summed E-state index contributed by atoms with van der Waals surface area (Å²) < 4.78 is 5.74. The number of aromatic nitrogens is 1. The molecule has 2 rings (SSSR count). The quantitative estimate of drug-likeness (QED) is 0.843. The van der Waals surface area contributed by atoms with Crippen LogP contribution in [0.4, 0.5) is 5.82 Å². The highest BCUT2D eigenvalue weighted by Crippen LogP contribution is 2.23. The predicted octanol–water partition coefficient (Wildman–Crippen LogP) is 1.46. The van der Waals surface area contributed by atoms with E-state index in [-0.39, 0.29) is 12.2 Å². The molecular weight excluding hydrogens is 214 g/mol. The average molecular weight is 235 g/mol. The van der Waals surface area contributed by atoms with E-state index in [0.717, 1.165) is 24.5 Å². The van der Waals surface area contributed by atoms with E-state index in [9.17, 15) is 0 Å². The van der Waals surface area contributed by atoms with Gasteiger partial charge in [0.05, 0.1) is 12.2 Å². The zero-order valence-electron chi connectivity index (χ0n) is 10.8. The molecular formula is C13H21N3O. The third-order valence-corrected chi connectivity index (χ3v) is 3.19. The summed E-state index contributed by atoms with van der Waals surface area (Å²) in [6.07, 6.45) is 2.34. The minimum atomic E-state index is 0.242. The average Bonchev–Trinajstić information content (AvgIpc) is 2.27. The fraction of sp³-hybridized carbons (Fsp3) is 0.615. The molecule has 4 heteroatoms. The molecule has 2 atom stereocenters. The normalized spacial score (nSPS) is 25.1. The number of nitrogens with zero attached hydrogens (tertiary/aromatic N) is 2. The van der Waals surface area contributed by atoms with Crippen LogP contribution in [0.3, 0.4) is 0 Å². The highest BCUT2D eigenvalue weighted by atomic mass is 16.5. The van der Waals surface area contributed by atoms with Crippen LogP contribution in [0.25, 0.3) is 0 Å². The fourth-order valence-electron chi connectivity index (χ4n) is 2.45. The molecule has 17 heavy (non-hydrogen) atoms. The van der Waals surface area contributed by atoms with Crippen LogP contribution >= 0.6 is 0 Å². The van der Waals surface area contributed by atoms with Crippen molar-refractivity contribution < 1.29 is 4.74 Å². The summed E-state index contributed by atoms with van der Waals surface area (Å²) in [6, 6.07) is 2.01. The molecule has 2 heterocycles. The molecule has 94 valence electrons. The lowest BCUT2D eigenvalue weighted by molar-refractivity contribution is -0.00551. The number of rotatable bonds is 2. The van der Waals surface area contributed by atoms with Crippen LogP contribution in [0.1, 0.15) is 25.0 Å². The summed E-state index contributed by atoms with van der Waals surface area (Å²) in [5.74, 6) is 1.02. The topological polar surface area (TPSA) is 51.4 Å². The van der Waals surface area contributed by atoms with Crippen molar-refractivity contribution in [2.75, 3.05) is 18.0 Å². The number of nitrogens with two attached hydrogens (primary N) is 1. The largest absolute Gasteiger partial charge is 0.372 e. The summed E-state index contributed by atoms with van der Waals surface area (Å²) in [6.45, 7) is 8.58. The highest BCUT2D eigenvalue weighted by molar-refractivity contribution is 5.50. The summed E-state index contributed by atoms with van der Waals surface area (Å²) in [4.78, 5) is 6.78. The van der Waals surface area contributed by atoms with Crippen LogP contribution in [0, 0.1) is 6.92 Å². The molecule has 1 aliphatic heterocycles. The van der Waals surface area contributed by atoms with Gasteiger partial charge < -0.3 is 15.4 Å². The van der Waals surface area contributed by atoms with E-state index < -0.39 is 0 Å². The number of aryl methyl sites for hydroxylation is 1. The first-order valence-corrected chi connectivity index (χ1v) is 6.16. The molecule has 2 N–H and O–H groups in total. The lowest BCUT2D eigenvalue weighted by Gasteiger charge is -2.37. The van der Waals surface area contributed by atoms with Gasteiger partial charge in [-0.2, -0.15) is 0 Å². The van der Waals surface area contributed by atoms with E-state index in [1.807, 2.05) is 12.3 Å². The molecule has 0 radical (unpaired) electrons. The number of anilines is 1. The Hall–Kier alpha value is -1.13. The molecule has 1 aliphatic rings. The van der Waals surface area contributed by atoms with Crippen molar-refractivity contribution in [2.24, 2.45) is 5.73 Å². The maximum Gasteiger partial charge on any atom is 0.133 e. The van der Waals surface area contributed by atoms with E-state index in [1.54, 1.807) is 0 Å². The van der Waals surface area contributed by atoms with Gasteiger partial charge in [0, 0.05) is 31.4 Å². The van der Waals surface area contributed by atoms with Crippen molar-refractivity contribution in [3.8, 4) is 0 Å². The zero-order valence-corrected chi connectivity index (χ0v) is 10.8. The maximum atomic E-state index is 5.83. The van der Waals surface area contributed by atoms with Crippen LogP contribution < -0.4 is 10.6 Å². The molecule has 1 aromatic heterocycles. The Bertz CT molecular complexity index is 384. The monoisotopic (exact) mass is 235 g/mol. The van der Waals surface area contributed by atoms with Crippen molar-refractivity contribution in [1.29, 1.82) is 0 Å². The van der Waals surface area contributed by atoms with Crippen molar-refractivity contribution >= 4 is 5.82 Å². The van der Waals surface area contributed by atoms with Crippen molar-refractivity contribution in [1.82, 2.24) is 4.98 Å². The Balaban J connectivity index is 2.30. The van der Waals surface area contributed by atoms with Gasteiger partial charge in [-0.3, -0.25) is 0 Å². The molecule has 0 unspecified atom stereocenters. The van der Waals surface area contributed by atoms with E-state index >= 15 is 0 Å². The molecule has 1 fully saturated rings. The number of hydrogen-bond donors (Lipinski definition) is 1. The third kappa shape index (κ3) is 2.58. The van der Waals surface area contributed by atoms with Gasteiger partial charge in [0.1, 0.15) is 5.82 Å². The van der Waals surface area contributed by atoms with E-state index in [4.69, 9.17) is 10.5 Å². The minimum Gasteiger partial charge on any atom is -0.372 e. The highest BCUT2D eigenvalue weighted by Gasteiger charge is 2.24. The summed E-state index contributed by atoms with van der Waals surface area (Å²) in [7, 11) is 0. The lowest BCUT2D eigenvalue weighted by atomic mass is 10.1. The van der Waals surface area contributed by atoms with Crippen LogP contribution in [0.15, 0.2) is 12.3 Å². The SMILES string of the molecule is Cc1ccnc(N2C[C@@H](C)O[C@@H](C)C2)c1CN. The van der Waals surface area contributed by atoms with E-state index in [0.29, 0.717) is 6.54 Å². The maximum absolute atomic E-state index is 5.83. The lowest BCUT2D eigenvalue weighted by Crippen LogP contribution is -2.46. The van der Waals surface area contributed by atoms with Crippen LogP contribution in [0.2, 0.25) is 0 Å². The smallest absolute Gasteiger partial charge is 0.133 e. The number of pyridine rings is 1. The summed E-state index contributed by atoms with van der Waals surface area (Å²) in [5.41, 5.74) is 8.19. The van der Waals surface area contributed by atoms with Crippen molar-refractivity contribution in [3.63, 3.8) is 0 Å². The Morgan fingerprint density at radius 1 is 1.41 bits per heavy atom. The second kappa shape index (κ2) is 5.02. The first-order chi connectivity index (χ1) is 8.11. The second-order valence-electron chi connectivity index (χ2n) is 4.80. The van der Waals surface area contributed by atoms with Gasteiger partial charge in [-0.1, -0.05) is 0 Å². The molecule has 1 saturated heterocycles. The molecule has 1 aromatic rings. The summed E-state index contributed by atoms with van der Waals surface area (Å²) >= 11 is 0. The van der Waals surface area contributed by atoms with Gasteiger partial charge in [0.25, 0.3) is 0 Å². The van der Waals surface area contributed by atoms with E-state index in [1.165, 1.54) is 5.56 Å². The Morgan fingerprint density at radius 3 is 2.65 bits per heavy atom. The second-order valence-corrected chi connectivity index (χ2v) is 4.80. The number of morpholine rings is 1. The third-order valence-electron chi connectivity index (χ3n) is 3.19. The molecule has 0 aliphatic carbocycles. The molecule has 4 nitrogen and oxygen atoms in total. The van der Waals surface area contributed by atoms with Crippen molar-refractivity contribution in [3.05, 3.63) is 23.4 Å². The first-order valence-electron chi connectivity index (χ1n) is 6.16. The summed E-state index contributed by atoms with van der Waals surface area (Å²) in [5, 5.41) is 0. The Labute approximate surface area is 103 Å².